The summed E-state index contributed by atoms with van der Waals surface area (Å²) < 4.78 is 0. The van der Waals surface area contributed by atoms with Crippen LogP contribution in [0.3, 0.4) is 0 Å². The van der Waals surface area contributed by atoms with Gasteiger partial charge in [-0.3, -0.25) is 4.79 Å². The molecule has 0 heterocycles. The number of carbonyl (C=O) groups is 1. The molecule has 90 valence electrons. The molecule has 0 rings (SSSR count). The van der Waals surface area contributed by atoms with E-state index in [9.17, 15) is 4.79 Å². The van der Waals surface area contributed by atoms with E-state index in [0.29, 0.717) is 5.88 Å². The van der Waals surface area contributed by atoms with Gasteiger partial charge in [-0.1, -0.05) is 11.8 Å². The highest BCUT2D eigenvalue weighted by Gasteiger charge is 2.19. The molecule has 1 amide bonds. The standard InChI is InChI=1S/C11H22ClNOS/c1-9(2)13(10(3)4)11(14)15-8-6-5-7-12/h9-10H,5-8H2,1-4H3. The van der Waals surface area contributed by atoms with Crippen molar-refractivity contribution in [1.82, 2.24) is 4.90 Å². The zero-order valence-electron chi connectivity index (χ0n) is 10.1. The normalized spacial score (nSPS) is 11.1. The Bertz CT molecular complexity index is 177. The summed E-state index contributed by atoms with van der Waals surface area (Å²) >= 11 is 6.99. The third-order valence-electron chi connectivity index (χ3n) is 2.08. The van der Waals surface area contributed by atoms with Crippen LogP contribution >= 0.6 is 23.4 Å². The highest BCUT2D eigenvalue weighted by atomic mass is 35.5. The fraction of sp³-hybridized carbons (Fsp3) is 0.909. The van der Waals surface area contributed by atoms with Crippen LogP contribution in [0.2, 0.25) is 0 Å². The van der Waals surface area contributed by atoms with Crippen LogP contribution in [0.15, 0.2) is 0 Å². The Balaban J connectivity index is 3.93. The van der Waals surface area contributed by atoms with Crippen molar-refractivity contribution in [3.05, 3.63) is 0 Å². The van der Waals surface area contributed by atoms with E-state index in [4.69, 9.17) is 11.6 Å². The highest BCUT2D eigenvalue weighted by molar-refractivity contribution is 8.13. The van der Waals surface area contributed by atoms with Gasteiger partial charge in [0.1, 0.15) is 0 Å². The Kier molecular flexibility index (Phi) is 8.34. The number of carbonyl (C=O) groups excluding carboxylic acids is 1. The van der Waals surface area contributed by atoms with Crippen molar-refractivity contribution >= 4 is 28.6 Å². The molecule has 0 aromatic carbocycles. The molecule has 0 aliphatic rings. The average Bonchev–Trinajstić information content (AvgIpc) is 2.11. The molecule has 0 aliphatic carbocycles. The predicted octanol–water partition coefficient (Wildman–Crippen LogP) is 3.98. The maximum atomic E-state index is 11.8. The summed E-state index contributed by atoms with van der Waals surface area (Å²) in [4.78, 5) is 13.8. The number of hydrogen-bond donors (Lipinski definition) is 0. The molecule has 15 heavy (non-hydrogen) atoms. The van der Waals surface area contributed by atoms with Gasteiger partial charge in [-0.15, -0.1) is 11.6 Å². The second kappa shape index (κ2) is 8.28. The number of thioether (sulfide) groups is 1. The van der Waals surface area contributed by atoms with E-state index in [0.717, 1.165) is 18.6 Å². The van der Waals surface area contributed by atoms with E-state index in [1.165, 1.54) is 11.8 Å². The lowest BCUT2D eigenvalue weighted by molar-refractivity contribution is 0.190. The van der Waals surface area contributed by atoms with Gasteiger partial charge in [-0.05, 0) is 40.5 Å². The van der Waals surface area contributed by atoms with Crippen molar-refractivity contribution in [1.29, 1.82) is 0 Å². The van der Waals surface area contributed by atoms with Crippen LogP contribution in [0.25, 0.3) is 0 Å². The molecule has 0 aromatic rings. The lowest BCUT2D eigenvalue weighted by Crippen LogP contribution is -2.39. The van der Waals surface area contributed by atoms with Crippen LogP contribution in [0.5, 0.6) is 0 Å². The van der Waals surface area contributed by atoms with E-state index in [2.05, 4.69) is 27.7 Å². The Morgan fingerprint density at radius 1 is 1.20 bits per heavy atom. The molecule has 0 aliphatic heterocycles. The van der Waals surface area contributed by atoms with Gasteiger partial charge in [0.15, 0.2) is 0 Å². The number of nitrogens with zero attached hydrogens (tertiary/aromatic N) is 1. The molecular weight excluding hydrogens is 230 g/mol. The number of alkyl halides is 1. The first-order valence-electron chi connectivity index (χ1n) is 5.51. The summed E-state index contributed by atoms with van der Waals surface area (Å²) in [6.45, 7) is 8.21. The first-order chi connectivity index (χ1) is 7.00. The van der Waals surface area contributed by atoms with E-state index in [-0.39, 0.29) is 17.3 Å². The first-order valence-corrected chi connectivity index (χ1v) is 7.03. The van der Waals surface area contributed by atoms with Crippen molar-refractivity contribution in [3.63, 3.8) is 0 Å². The van der Waals surface area contributed by atoms with Crippen LogP contribution in [-0.2, 0) is 0 Å². The van der Waals surface area contributed by atoms with E-state index in [1.54, 1.807) is 0 Å². The summed E-state index contributed by atoms with van der Waals surface area (Å²) in [5.41, 5.74) is 0. The molecule has 0 unspecified atom stereocenters. The molecule has 2 nitrogen and oxygen atoms in total. The largest absolute Gasteiger partial charge is 0.329 e. The maximum absolute atomic E-state index is 11.8. The summed E-state index contributed by atoms with van der Waals surface area (Å²) in [7, 11) is 0. The Hall–Kier alpha value is 0.110. The van der Waals surface area contributed by atoms with E-state index in [1.807, 2.05) is 4.90 Å². The van der Waals surface area contributed by atoms with Gasteiger partial charge in [-0.2, -0.15) is 0 Å². The smallest absolute Gasteiger partial charge is 0.282 e. The topological polar surface area (TPSA) is 20.3 Å². The second-order valence-corrected chi connectivity index (χ2v) is 5.53. The molecule has 0 fully saturated rings. The van der Waals surface area contributed by atoms with Crippen molar-refractivity contribution in [2.45, 2.75) is 52.6 Å². The molecule has 0 atom stereocenters. The predicted molar refractivity (Wildman–Crippen MR) is 69.9 cm³/mol. The molecule has 0 saturated heterocycles. The number of amides is 1. The summed E-state index contributed by atoms with van der Waals surface area (Å²) in [6, 6.07) is 0.552. The van der Waals surface area contributed by atoms with Gasteiger partial charge in [0.2, 0.25) is 0 Å². The third-order valence-corrected chi connectivity index (χ3v) is 3.29. The van der Waals surface area contributed by atoms with Crippen LogP contribution in [-0.4, -0.2) is 33.9 Å². The van der Waals surface area contributed by atoms with Crippen LogP contribution in [0.4, 0.5) is 4.79 Å². The van der Waals surface area contributed by atoms with Gasteiger partial charge in [0.05, 0.1) is 0 Å². The zero-order chi connectivity index (χ0) is 11.8. The van der Waals surface area contributed by atoms with Gasteiger partial charge in [0.25, 0.3) is 5.24 Å². The van der Waals surface area contributed by atoms with Crippen molar-refractivity contribution in [2.24, 2.45) is 0 Å². The molecule has 0 aromatic heterocycles. The first kappa shape index (κ1) is 15.1. The number of halogens is 1. The van der Waals surface area contributed by atoms with Gasteiger partial charge in [-0.25, -0.2) is 0 Å². The van der Waals surface area contributed by atoms with E-state index < -0.39 is 0 Å². The van der Waals surface area contributed by atoms with Crippen LogP contribution < -0.4 is 0 Å². The zero-order valence-corrected chi connectivity index (χ0v) is 11.7. The molecule has 0 N–H and O–H groups in total. The second-order valence-electron chi connectivity index (χ2n) is 4.11. The maximum Gasteiger partial charge on any atom is 0.282 e. The van der Waals surface area contributed by atoms with Crippen molar-refractivity contribution in [3.8, 4) is 0 Å². The monoisotopic (exact) mass is 251 g/mol. The molecule has 0 saturated carbocycles. The van der Waals surface area contributed by atoms with Crippen LogP contribution in [0, 0.1) is 0 Å². The number of hydrogen-bond acceptors (Lipinski definition) is 2. The minimum Gasteiger partial charge on any atom is -0.329 e. The quantitative estimate of drug-likeness (QED) is 0.526. The summed E-state index contributed by atoms with van der Waals surface area (Å²) in [5, 5.41) is 0.189. The fourth-order valence-electron chi connectivity index (χ4n) is 1.45. The summed E-state index contributed by atoms with van der Waals surface area (Å²) in [5.74, 6) is 1.56. The van der Waals surface area contributed by atoms with Gasteiger partial charge in [0, 0.05) is 23.7 Å². The molecule has 4 heteroatoms. The Labute approximate surface area is 103 Å². The molecule has 0 spiro atoms. The van der Waals surface area contributed by atoms with E-state index >= 15 is 0 Å². The van der Waals surface area contributed by atoms with Crippen LogP contribution in [0.1, 0.15) is 40.5 Å². The van der Waals surface area contributed by atoms with Crippen molar-refractivity contribution in [2.75, 3.05) is 11.6 Å². The Morgan fingerprint density at radius 2 is 1.73 bits per heavy atom. The summed E-state index contributed by atoms with van der Waals surface area (Å²) in [6.07, 6.45) is 2.01. The molecular formula is C11H22ClNOS. The highest BCUT2D eigenvalue weighted by Crippen LogP contribution is 2.16. The average molecular weight is 252 g/mol. The minimum absolute atomic E-state index is 0.189. The third kappa shape index (κ3) is 6.31. The van der Waals surface area contributed by atoms with Gasteiger partial charge < -0.3 is 4.90 Å². The number of unbranched alkanes of at least 4 members (excludes halogenated alkanes) is 1. The van der Waals surface area contributed by atoms with Gasteiger partial charge >= 0.3 is 0 Å². The van der Waals surface area contributed by atoms with Crippen molar-refractivity contribution < 1.29 is 4.79 Å². The lowest BCUT2D eigenvalue weighted by Gasteiger charge is -2.30. The molecule has 0 radical (unpaired) electrons. The molecule has 0 bridgehead atoms. The SMILES string of the molecule is CC(C)N(C(=O)SCCCCCl)C(C)C. The fourth-order valence-corrected chi connectivity index (χ4v) is 2.73. The minimum atomic E-state index is 0.189. The lowest BCUT2D eigenvalue weighted by atomic mass is 10.2. The Morgan fingerprint density at radius 3 is 2.13 bits per heavy atom. The number of rotatable bonds is 6.